The molecule has 5 aromatic rings. The number of nitrogens with two attached hydrogens (primary N) is 3. The van der Waals surface area contributed by atoms with Crippen molar-refractivity contribution in [3.8, 4) is 5.75 Å². The van der Waals surface area contributed by atoms with Gasteiger partial charge in [0.1, 0.15) is 96.9 Å². The highest BCUT2D eigenvalue weighted by molar-refractivity contribution is 8.00. The van der Waals surface area contributed by atoms with E-state index in [1.54, 1.807) is 62.4 Å². The number of aliphatic hydroxyl groups excluding tert-OH is 3. The molecule has 18 amide bonds. The number of aliphatic carboxylic acids is 1. The number of hydrogen-bond donors (Lipinski definition) is 19. The van der Waals surface area contributed by atoms with Crippen LogP contribution in [0.4, 0.5) is 0 Å². The highest BCUT2D eigenvalue weighted by atomic mass is 32.2. The highest BCUT2D eigenvalue weighted by Crippen LogP contribution is 2.30. The fourth-order valence-electron chi connectivity index (χ4n) is 17.4. The zero-order chi connectivity index (χ0) is 99.5. The van der Waals surface area contributed by atoms with Crippen molar-refractivity contribution in [3.63, 3.8) is 0 Å². The summed E-state index contributed by atoms with van der Waals surface area (Å²) in [6, 6.07) is -4.13. The number of amides is 18. The van der Waals surface area contributed by atoms with Gasteiger partial charge in [0.15, 0.2) is 0 Å². The van der Waals surface area contributed by atoms with Crippen LogP contribution in [0.25, 0.3) is 21.8 Å². The first-order valence-electron chi connectivity index (χ1n) is 45.6. The summed E-state index contributed by atoms with van der Waals surface area (Å²) in [7, 11) is 2.61. The van der Waals surface area contributed by atoms with Crippen LogP contribution in [0.2, 0.25) is 0 Å². The van der Waals surface area contributed by atoms with E-state index in [0.717, 1.165) is 31.4 Å². The van der Waals surface area contributed by atoms with E-state index in [4.69, 9.17) is 17.2 Å². The second kappa shape index (κ2) is 50.3. The van der Waals surface area contributed by atoms with E-state index in [1.807, 2.05) is 13.8 Å². The topological polar surface area (TPSA) is 661 Å². The van der Waals surface area contributed by atoms with Gasteiger partial charge >= 0.3 is 5.97 Å². The summed E-state index contributed by atoms with van der Waals surface area (Å²) in [5.74, 6) is -20.8. The van der Waals surface area contributed by atoms with E-state index in [0.29, 0.717) is 70.6 Å². The Hall–Kier alpha value is -13.3. The number of benzene rings is 3. The third-order valence-electron chi connectivity index (χ3n) is 24.5. The molecule has 0 unspecified atom stereocenters. The van der Waals surface area contributed by atoms with Gasteiger partial charge in [-0.15, -0.1) is 11.8 Å². The lowest BCUT2D eigenvalue weighted by atomic mass is 9.97. The third-order valence-corrected chi connectivity index (χ3v) is 25.5. The first-order chi connectivity index (χ1) is 64.7. The summed E-state index contributed by atoms with van der Waals surface area (Å²) in [6.45, 7) is 2.57. The van der Waals surface area contributed by atoms with Crippen molar-refractivity contribution in [2.24, 2.45) is 23.1 Å². The molecule has 3 aromatic carbocycles. The summed E-state index contributed by atoms with van der Waals surface area (Å²) in [4.78, 5) is 283. The Bertz CT molecular complexity index is 5190. The number of carboxylic acid groups (broad SMARTS) is 1. The number of H-pyrrole nitrogens is 1. The van der Waals surface area contributed by atoms with Crippen molar-refractivity contribution >= 4 is 146 Å². The third kappa shape index (κ3) is 28.9. The number of fused-ring (bicyclic) bond motifs is 5. The van der Waals surface area contributed by atoms with Crippen molar-refractivity contribution in [1.29, 1.82) is 0 Å². The van der Waals surface area contributed by atoms with Gasteiger partial charge in [0.05, 0.1) is 38.0 Å². The van der Waals surface area contributed by atoms with E-state index in [1.165, 1.54) is 60.2 Å². The number of thioether (sulfide) groups is 1. The van der Waals surface area contributed by atoms with E-state index in [9.17, 15) is 78.3 Å². The number of carboxylic acids is 1. The van der Waals surface area contributed by atoms with Crippen molar-refractivity contribution in [2.75, 3.05) is 65.0 Å². The molecule has 4 aliphatic rings. The van der Waals surface area contributed by atoms with E-state index in [2.05, 4.69) is 58.2 Å². The fraction of sp³-hybridized carbons (Fsp3) is 0.549. The van der Waals surface area contributed by atoms with Gasteiger partial charge in [0.25, 0.3) is 0 Å². The SMILES string of the molecule is CCCC[C@H]1C(=O)N(C)[C@@H](CCCC)C(=O)N[C@@H](CC(C)C)C(=O)N[C@H](C(=O)NCC(N)=O)CSCC(=O)N[C@H](Cc2ccc(O)cc2)C(=O)N2CCCC[C@H]2C(=O)N[C@@H](CC(N)=O)C(=O)N2CCC[C@H]2C(=O)N[C@@H](CO)C(=O)N[C@@H](CCC(N)=O)C(=O)N2C[C@H](O)C[C@H]2C(=O)N[C@@H](Cc2c[nH]c3ccccc23)C(=O)N[C@@H](CO)C(=O)N[C@@H](Cc2cn(CC(=O)O)c3ccccc23)C(=O)N1C. The number of phenols is 1. The van der Waals surface area contributed by atoms with Gasteiger partial charge in [-0.1, -0.05) is 102 Å². The number of hydrogen-bond acceptors (Lipinski definition) is 24. The Kier molecular flexibility index (Phi) is 39.4. The van der Waals surface area contributed by atoms with Gasteiger partial charge in [0.2, 0.25) is 106 Å². The lowest BCUT2D eigenvalue weighted by Gasteiger charge is -2.38. The van der Waals surface area contributed by atoms with Crippen molar-refractivity contribution < 1.29 is 117 Å². The molecule has 4 fully saturated rings. The molecule has 6 heterocycles. The number of nitrogens with zero attached hydrogens (tertiary/aromatic N) is 6. The molecule has 740 valence electrons. The molecular weight excluding hydrogens is 1790 g/mol. The lowest BCUT2D eigenvalue weighted by Crippen LogP contribution is -2.62. The van der Waals surface area contributed by atoms with Gasteiger partial charge in [0, 0.05) is 106 Å². The van der Waals surface area contributed by atoms with Crippen molar-refractivity contribution in [2.45, 2.75) is 247 Å². The standard InChI is InChI=1S/C91H126N20O24S/c1-7-9-21-68-83(127)99-59(34-49(3)4)79(123)105-66(78(122)96-41-75(94)118)47-136-48-76(119)97-61(35-50-26-28-53(114)29-27-50)89(133)109-32-16-15-24-69(109)84(128)102-63(39-74(93)117)90(134)110-33-17-25-70(110)85(129)104-65(46-113)81(125)98-58(30-31-73(92)116)88(132)111-43-54(115)38-72(111)86(130)100-60(36-51-40-95-57-20-13-11-18-55(51)57)80(124)103-64(45-112)82(126)101-62(87(131)107(6)71(22-10-8-2)91(135)106(68)5)37-52-42-108(44-77(120)121)67-23-14-12-19-56(52)67/h11-14,18-20,23,26-29,40,42,49,54,58-66,68-72,95,112-115H,7-10,15-17,21-22,24-25,30-39,41,43-48H2,1-6H3,(H2,92,116)(H2,93,117)(H2,94,118)(H,96,122)(H,97,119)(H,98,125)(H,99,127)(H,100,130)(H,101,126)(H,102,128)(H,103,124)(H,104,129)(H,105,123)(H,120,121)/t54-,58+,59+,60+,61-,62+,63+,64+,65+,66+,68+,69+,70+,71+,72+/m1/s1. The number of para-hydroxylation sites is 2. The summed E-state index contributed by atoms with van der Waals surface area (Å²) in [5.41, 5.74) is 18.8. The fourth-order valence-corrected chi connectivity index (χ4v) is 18.3. The largest absolute Gasteiger partial charge is 0.508 e. The van der Waals surface area contributed by atoms with Crippen LogP contribution in [-0.4, -0.2) is 328 Å². The van der Waals surface area contributed by atoms with E-state index >= 15 is 38.4 Å². The number of likely N-dealkylation sites (N-methyl/N-ethyl adjacent to an activating group) is 2. The number of unbranched alkanes of at least 4 members (excludes halogenated alkanes) is 2. The number of aliphatic hydroxyl groups is 3. The van der Waals surface area contributed by atoms with E-state index in [-0.39, 0.29) is 76.1 Å². The van der Waals surface area contributed by atoms with Crippen LogP contribution in [-0.2, 0) is 117 Å². The highest BCUT2D eigenvalue weighted by Gasteiger charge is 2.47. The number of nitrogens with one attached hydrogen (secondary N) is 11. The van der Waals surface area contributed by atoms with Gasteiger partial charge < -0.3 is 130 Å². The molecule has 136 heavy (non-hydrogen) atoms. The van der Waals surface area contributed by atoms with Crippen LogP contribution in [0.15, 0.2) is 85.2 Å². The van der Waals surface area contributed by atoms with Crippen LogP contribution in [0.3, 0.4) is 0 Å². The molecule has 2 aromatic heterocycles. The Morgan fingerprint density at radius 2 is 1.05 bits per heavy atom. The molecule has 0 aliphatic carbocycles. The number of carbonyl (C=O) groups is 19. The average molecular weight is 1920 g/mol. The second-order valence-corrected chi connectivity index (χ2v) is 36.2. The number of piperidine rings is 1. The minimum atomic E-state index is -2.00. The molecule has 0 radical (unpaired) electrons. The normalized spacial score (nSPS) is 25.2. The van der Waals surface area contributed by atoms with Crippen LogP contribution < -0.4 is 70.4 Å². The quantitative estimate of drug-likeness (QED) is 0.0252. The van der Waals surface area contributed by atoms with Gasteiger partial charge in [-0.3, -0.25) is 91.1 Å². The maximum atomic E-state index is 15.9. The number of phenolic OH excluding ortho intramolecular Hbond substituents is 1. The molecule has 15 atom stereocenters. The molecule has 4 aliphatic heterocycles. The van der Waals surface area contributed by atoms with E-state index < -0.39 is 286 Å². The van der Waals surface area contributed by atoms with Crippen LogP contribution in [0, 0.1) is 5.92 Å². The molecule has 0 saturated carbocycles. The summed E-state index contributed by atoms with van der Waals surface area (Å²) in [6.07, 6.45) is -0.157. The maximum Gasteiger partial charge on any atom is 0.323 e. The number of rotatable bonds is 26. The van der Waals surface area contributed by atoms with Crippen LogP contribution in [0.5, 0.6) is 5.75 Å². The Morgan fingerprint density at radius 3 is 1.68 bits per heavy atom. The van der Waals surface area contributed by atoms with Crippen molar-refractivity contribution in [1.82, 2.24) is 87.2 Å². The summed E-state index contributed by atoms with van der Waals surface area (Å²) >= 11 is 0.782. The zero-order valence-corrected chi connectivity index (χ0v) is 77.8. The second-order valence-electron chi connectivity index (χ2n) is 35.2. The molecule has 4 saturated heterocycles. The molecule has 0 bridgehead atoms. The number of primary amides is 3. The van der Waals surface area contributed by atoms with Gasteiger partial charge in [-0.25, -0.2) is 0 Å². The zero-order valence-electron chi connectivity index (χ0n) is 76.9. The minimum Gasteiger partial charge on any atom is -0.508 e. The predicted molar refractivity (Wildman–Crippen MR) is 492 cm³/mol. The maximum absolute atomic E-state index is 15.9. The number of carbonyl (C=O) groups excluding carboxylic acids is 18. The molecule has 9 rings (SSSR count). The van der Waals surface area contributed by atoms with Crippen molar-refractivity contribution in [3.05, 3.63) is 102 Å². The summed E-state index contributed by atoms with van der Waals surface area (Å²) in [5, 5.41) is 80.4. The molecule has 44 nitrogen and oxygen atoms in total. The molecule has 45 heteroatoms. The number of aromatic hydroxyl groups is 1. The number of aromatic amines is 1. The summed E-state index contributed by atoms with van der Waals surface area (Å²) < 4.78 is 1.40. The predicted octanol–water partition coefficient (Wildman–Crippen LogP) is -3.81. The smallest absolute Gasteiger partial charge is 0.323 e. The average Bonchev–Trinajstić information content (AvgIpc) is 1.69. The van der Waals surface area contributed by atoms with Crippen LogP contribution in [0.1, 0.15) is 147 Å². The Labute approximate surface area is 788 Å². The molecule has 22 N–H and O–H groups in total. The molecule has 0 spiro atoms. The minimum absolute atomic E-state index is 0.0240. The van der Waals surface area contributed by atoms with Gasteiger partial charge in [-0.05, 0) is 105 Å². The first kappa shape index (κ1) is 106. The number of aromatic nitrogens is 2. The first-order valence-corrected chi connectivity index (χ1v) is 46.8. The van der Waals surface area contributed by atoms with Crippen LogP contribution >= 0.6 is 11.8 Å². The Morgan fingerprint density at radius 1 is 0.522 bits per heavy atom. The Balaban J connectivity index is 1.11. The monoisotopic (exact) mass is 1910 g/mol. The van der Waals surface area contributed by atoms with Gasteiger partial charge in [-0.2, -0.15) is 0 Å². The lowest BCUT2D eigenvalue weighted by molar-refractivity contribution is -0.149. The molecular formula is C91H126N20O24S.